The van der Waals surface area contributed by atoms with Crippen LogP contribution in [0, 0.1) is 0 Å². The second kappa shape index (κ2) is 8.46. The van der Waals surface area contributed by atoms with Crippen molar-refractivity contribution in [2.45, 2.75) is 31.9 Å². The number of ether oxygens (including phenoxy) is 1. The fourth-order valence-electron chi connectivity index (χ4n) is 2.67. The number of nitrogens with one attached hydrogen (secondary N) is 1. The summed E-state index contributed by atoms with van der Waals surface area (Å²) in [6, 6.07) is 9.16. The molecule has 7 nitrogen and oxygen atoms in total. The molecule has 1 aromatic rings. The van der Waals surface area contributed by atoms with Gasteiger partial charge in [-0.05, 0) is 18.4 Å². The minimum atomic E-state index is -3.48. The van der Waals surface area contributed by atoms with E-state index in [0.29, 0.717) is 6.54 Å². The zero-order valence-electron chi connectivity index (χ0n) is 14.1. The summed E-state index contributed by atoms with van der Waals surface area (Å²) in [5, 5.41) is 2.68. The van der Waals surface area contributed by atoms with Gasteiger partial charge >= 0.3 is 6.09 Å². The Morgan fingerprint density at radius 3 is 2.67 bits per heavy atom. The van der Waals surface area contributed by atoms with Crippen LogP contribution in [0.15, 0.2) is 30.3 Å². The minimum absolute atomic E-state index is 0.192. The first-order chi connectivity index (χ1) is 11.4. The smallest absolute Gasteiger partial charge is 0.407 e. The van der Waals surface area contributed by atoms with Gasteiger partial charge in [-0.1, -0.05) is 36.8 Å². The maximum absolute atomic E-state index is 12.4. The highest BCUT2D eigenvalue weighted by Crippen LogP contribution is 2.21. The van der Waals surface area contributed by atoms with E-state index in [1.807, 2.05) is 30.3 Å². The van der Waals surface area contributed by atoms with E-state index in [4.69, 9.17) is 4.74 Å². The molecule has 0 radical (unpaired) electrons. The molecule has 0 aliphatic carbocycles. The Bertz CT molecular complexity index is 634. The molecular weight excluding hydrogens is 330 g/mol. The molecule has 1 N–H and O–H groups in total. The highest BCUT2D eigenvalue weighted by Gasteiger charge is 2.33. The fraction of sp³-hybridized carbons (Fsp3) is 0.562. The third-order valence-electron chi connectivity index (χ3n) is 4.03. The van der Waals surface area contributed by atoms with Gasteiger partial charge in [0.25, 0.3) is 10.2 Å². The predicted molar refractivity (Wildman–Crippen MR) is 91.6 cm³/mol. The molecule has 8 heteroatoms. The standard InChI is InChI=1S/C16H25N3O4S/c1-18(2)24(21,22)19-11-7-6-10-15(19)12-17-16(20)23-13-14-8-4-3-5-9-14/h3-5,8-9,15H,6-7,10-13H2,1-2H3,(H,17,20). The highest BCUT2D eigenvalue weighted by atomic mass is 32.2. The van der Waals surface area contributed by atoms with Gasteiger partial charge in [-0.15, -0.1) is 0 Å². The molecule has 1 atom stereocenters. The monoisotopic (exact) mass is 355 g/mol. The first-order valence-corrected chi connectivity index (χ1v) is 9.45. The summed E-state index contributed by atoms with van der Waals surface area (Å²) in [6.07, 6.45) is 1.98. The molecule has 134 valence electrons. The summed E-state index contributed by atoms with van der Waals surface area (Å²) >= 11 is 0. The summed E-state index contributed by atoms with van der Waals surface area (Å²) in [5.41, 5.74) is 0.905. The zero-order valence-corrected chi connectivity index (χ0v) is 15.0. The van der Waals surface area contributed by atoms with E-state index >= 15 is 0 Å². The Labute approximate surface area is 143 Å². The third kappa shape index (κ3) is 4.93. The Morgan fingerprint density at radius 1 is 1.29 bits per heavy atom. The minimum Gasteiger partial charge on any atom is -0.445 e. The van der Waals surface area contributed by atoms with Crippen LogP contribution < -0.4 is 5.32 Å². The number of rotatable bonds is 6. The summed E-state index contributed by atoms with van der Waals surface area (Å²) in [7, 11) is -0.445. The summed E-state index contributed by atoms with van der Waals surface area (Å²) < 4.78 is 32.6. The summed E-state index contributed by atoms with van der Waals surface area (Å²) in [6.45, 7) is 0.920. The van der Waals surface area contributed by atoms with Gasteiger partial charge in [-0.3, -0.25) is 0 Å². The van der Waals surface area contributed by atoms with Crippen molar-refractivity contribution < 1.29 is 17.9 Å². The SMILES string of the molecule is CN(C)S(=O)(=O)N1CCCCC1CNC(=O)OCc1ccccc1. The van der Waals surface area contributed by atoms with E-state index in [0.717, 1.165) is 24.8 Å². The zero-order chi connectivity index (χ0) is 17.6. The number of nitrogens with zero attached hydrogens (tertiary/aromatic N) is 2. The number of amides is 1. The topological polar surface area (TPSA) is 79.0 Å². The van der Waals surface area contributed by atoms with Crippen LogP contribution in [0.3, 0.4) is 0 Å². The molecule has 2 rings (SSSR count). The number of carbonyl (C=O) groups is 1. The molecule has 1 aliphatic rings. The van der Waals surface area contributed by atoms with E-state index < -0.39 is 16.3 Å². The quantitative estimate of drug-likeness (QED) is 0.840. The Balaban J connectivity index is 1.86. The number of alkyl carbamates (subject to hydrolysis) is 1. The van der Waals surface area contributed by atoms with Crippen molar-refractivity contribution in [2.75, 3.05) is 27.2 Å². The van der Waals surface area contributed by atoms with E-state index in [-0.39, 0.29) is 19.2 Å². The van der Waals surface area contributed by atoms with Crippen LogP contribution in [0.1, 0.15) is 24.8 Å². The third-order valence-corrected chi connectivity index (χ3v) is 6.02. The molecule has 0 aromatic heterocycles. The van der Waals surface area contributed by atoms with Crippen molar-refractivity contribution in [2.24, 2.45) is 0 Å². The van der Waals surface area contributed by atoms with Crippen molar-refractivity contribution in [3.63, 3.8) is 0 Å². The van der Waals surface area contributed by atoms with Crippen LogP contribution >= 0.6 is 0 Å². The van der Waals surface area contributed by atoms with Crippen LogP contribution in [-0.4, -0.2) is 56.3 Å². The number of benzene rings is 1. The first kappa shape index (κ1) is 18.7. The van der Waals surface area contributed by atoms with Crippen LogP contribution in [-0.2, 0) is 21.6 Å². The Morgan fingerprint density at radius 2 is 2.00 bits per heavy atom. The van der Waals surface area contributed by atoms with Crippen LogP contribution in [0.2, 0.25) is 0 Å². The maximum Gasteiger partial charge on any atom is 0.407 e. The molecular formula is C16H25N3O4S. The van der Waals surface area contributed by atoms with E-state index in [1.165, 1.54) is 22.7 Å². The van der Waals surface area contributed by atoms with E-state index in [2.05, 4.69) is 5.32 Å². The van der Waals surface area contributed by atoms with Crippen LogP contribution in [0.4, 0.5) is 4.79 Å². The molecule has 1 aliphatic heterocycles. The van der Waals surface area contributed by atoms with Gasteiger partial charge in [0.2, 0.25) is 0 Å². The molecule has 1 heterocycles. The number of hydrogen-bond donors (Lipinski definition) is 1. The van der Waals surface area contributed by atoms with Gasteiger partial charge in [-0.25, -0.2) is 4.79 Å². The van der Waals surface area contributed by atoms with E-state index in [1.54, 1.807) is 0 Å². The molecule has 0 spiro atoms. The molecule has 1 saturated heterocycles. The van der Waals surface area contributed by atoms with Gasteiger partial charge in [0.15, 0.2) is 0 Å². The lowest BCUT2D eigenvalue weighted by Gasteiger charge is -2.36. The Hall–Kier alpha value is -1.64. The second-order valence-corrected chi connectivity index (χ2v) is 8.09. The van der Waals surface area contributed by atoms with Crippen molar-refractivity contribution >= 4 is 16.3 Å². The maximum atomic E-state index is 12.4. The molecule has 1 fully saturated rings. The average molecular weight is 355 g/mol. The molecule has 24 heavy (non-hydrogen) atoms. The Kier molecular flexibility index (Phi) is 6.59. The van der Waals surface area contributed by atoms with Gasteiger partial charge in [0, 0.05) is 33.2 Å². The normalized spacial score (nSPS) is 19.2. The lowest BCUT2D eigenvalue weighted by atomic mass is 10.1. The van der Waals surface area contributed by atoms with Crippen molar-refractivity contribution in [1.82, 2.24) is 13.9 Å². The van der Waals surface area contributed by atoms with Crippen LogP contribution in [0.25, 0.3) is 0 Å². The van der Waals surface area contributed by atoms with Gasteiger partial charge < -0.3 is 10.1 Å². The largest absolute Gasteiger partial charge is 0.445 e. The van der Waals surface area contributed by atoms with Gasteiger partial charge in [0.1, 0.15) is 6.61 Å². The van der Waals surface area contributed by atoms with Crippen LogP contribution in [0.5, 0.6) is 0 Å². The van der Waals surface area contributed by atoms with Gasteiger partial charge in [-0.2, -0.15) is 17.0 Å². The first-order valence-electron chi connectivity index (χ1n) is 8.05. The van der Waals surface area contributed by atoms with Crippen molar-refractivity contribution in [3.05, 3.63) is 35.9 Å². The number of carbonyl (C=O) groups excluding carboxylic acids is 1. The lowest BCUT2D eigenvalue weighted by Crippen LogP contribution is -2.52. The lowest BCUT2D eigenvalue weighted by molar-refractivity contribution is 0.134. The molecule has 1 unspecified atom stereocenters. The fourth-order valence-corrected chi connectivity index (χ4v) is 4.00. The molecule has 1 aromatic carbocycles. The number of hydrogen-bond acceptors (Lipinski definition) is 4. The van der Waals surface area contributed by atoms with Crippen molar-refractivity contribution in [1.29, 1.82) is 0 Å². The second-order valence-electron chi connectivity index (χ2n) is 5.99. The highest BCUT2D eigenvalue weighted by molar-refractivity contribution is 7.86. The number of piperidine rings is 1. The molecule has 0 saturated carbocycles. The van der Waals surface area contributed by atoms with Crippen molar-refractivity contribution in [3.8, 4) is 0 Å². The average Bonchev–Trinajstić information content (AvgIpc) is 2.59. The van der Waals surface area contributed by atoms with E-state index in [9.17, 15) is 13.2 Å². The summed E-state index contributed by atoms with van der Waals surface area (Å²) in [4.78, 5) is 11.8. The molecule has 1 amide bonds. The predicted octanol–water partition coefficient (Wildman–Crippen LogP) is 1.57. The molecule has 0 bridgehead atoms. The van der Waals surface area contributed by atoms with Gasteiger partial charge in [0.05, 0.1) is 0 Å². The summed E-state index contributed by atoms with van der Waals surface area (Å²) in [5.74, 6) is 0.